The van der Waals surface area contributed by atoms with Crippen LogP contribution >= 0.6 is 0 Å². The Hall–Kier alpha value is -2.34. The molecule has 6 heteroatoms. The number of hydrogen-bond acceptors (Lipinski definition) is 4. The van der Waals surface area contributed by atoms with Gasteiger partial charge in [0.25, 0.3) is 0 Å². The smallest absolute Gasteiger partial charge is 0.341 e. The molecule has 4 rings (SSSR count). The fourth-order valence-electron chi connectivity index (χ4n) is 4.73. The van der Waals surface area contributed by atoms with Crippen molar-refractivity contribution in [3.63, 3.8) is 0 Å². The van der Waals surface area contributed by atoms with Crippen LogP contribution in [0.25, 0.3) is 10.9 Å². The lowest BCUT2D eigenvalue weighted by Gasteiger charge is -2.39. The van der Waals surface area contributed by atoms with Crippen LogP contribution < -0.4 is 10.3 Å². The molecule has 1 saturated heterocycles. The highest BCUT2D eigenvalue weighted by Gasteiger charge is 2.27. The quantitative estimate of drug-likeness (QED) is 0.879. The Labute approximate surface area is 165 Å². The number of carboxylic acids is 1. The maximum atomic E-state index is 12.7. The molecule has 0 saturated carbocycles. The van der Waals surface area contributed by atoms with Gasteiger partial charge in [-0.2, -0.15) is 0 Å². The molecular formula is C22H29N3O3. The second-order valence-electron chi connectivity index (χ2n) is 8.61. The minimum absolute atomic E-state index is 0.137. The van der Waals surface area contributed by atoms with Gasteiger partial charge in [0.15, 0.2) is 0 Å². The summed E-state index contributed by atoms with van der Waals surface area (Å²) in [6.07, 6.45) is 3.42. The molecule has 1 unspecified atom stereocenters. The van der Waals surface area contributed by atoms with Crippen molar-refractivity contribution >= 4 is 22.6 Å². The number of aryl methyl sites for hydroxylation is 1. The van der Waals surface area contributed by atoms with Gasteiger partial charge in [0.05, 0.1) is 5.52 Å². The molecule has 2 aliphatic heterocycles. The number of nitrogens with zero attached hydrogens (tertiary/aromatic N) is 3. The first-order chi connectivity index (χ1) is 13.4. The fraction of sp³-hybridized carbons (Fsp3) is 0.545. The monoisotopic (exact) mass is 383 g/mol. The second kappa shape index (κ2) is 7.24. The standard InChI is InChI=1S/C22H29N3O3/c1-14(2)12-23-8-10-24(11-9-23)19-7-6-17-20-16(19)5-4-15(3)25(20)13-18(21(17)26)22(27)28/h6-7,13-15H,4-5,8-12H2,1-3H3,(H,27,28). The number of pyridine rings is 1. The lowest BCUT2D eigenvalue weighted by Crippen LogP contribution is -2.47. The SMILES string of the molecule is CC(C)CN1CCN(c2ccc3c(=O)c(C(=O)O)cn4c3c2CCC4C)CC1. The number of anilines is 1. The summed E-state index contributed by atoms with van der Waals surface area (Å²) in [5, 5.41) is 9.97. The zero-order chi connectivity index (χ0) is 20.0. The first-order valence-corrected chi connectivity index (χ1v) is 10.3. The Balaban J connectivity index is 1.76. The van der Waals surface area contributed by atoms with E-state index in [1.165, 1.54) is 11.3 Å². The van der Waals surface area contributed by atoms with Crippen molar-refractivity contribution in [1.82, 2.24) is 9.47 Å². The average molecular weight is 383 g/mol. The lowest BCUT2D eigenvalue weighted by atomic mass is 9.94. The molecule has 0 bridgehead atoms. The molecule has 0 aliphatic carbocycles. The predicted octanol–water partition coefficient (Wildman–Crippen LogP) is 2.98. The van der Waals surface area contributed by atoms with Gasteiger partial charge in [0.1, 0.15) is 5.56 Å². The van der Waals surface area contributed by atoms with Gasteiger partial charge >= 0.3 is 5.97 Å². The second-order valence-corrected chi connectivity index (χ2v) is 8.61. The van der Waals surface area contributed by atoms with Gasteiger partial charge in [0, 0.05) is 56.0 Å². The van der Waals surface area contributed by atoms with Crippen LogP contribution in [0.5, 0.6) is 0 Å². The summed E-state index contributed by atoms with van der Waals surface area (Å²) in [5.74, 6) is -0.479. The van der Waals surface area contributed by atoms with Crippen molar-refractivity contribution in [1.29, 1.82) is 0 Å². The summed E-state index contributed by atoms with van der Waals surface area (Å²) >= 11 is 0. The fourth-order valence-corrected chi connectivity index (χ4v) is 4.73. The molecule has 1 atom stereocenters. The highest BCUT2D eigenvalue weighted by molar-refractivity contribution is 5.95. The molecule has 2 aromatic rings. The van der Waals surface area contributed by atoms with E-state index in [9.17, 15) is 14.7 Å². The van der Waals surface area contributed by atoms with E-state index in [0.717, 1.165) is 51.1 Å². The van der Waals surface area contributed by atoms with Gasteiger partial charge in [-0.1, -0.05) is 13.8 Å². The molecule has 6 nitrogen and oxygen atoms in total. The predicted molar refractivity (Wildman–Crippen MR) is 112 cm³/mol. The Kier molecular flexibility index (Phi) is 4.91. The third-order valence-electron chi connectivity index (χ3n) is 6.13. The number of piperazine rings is 1. The maximum Gasteiger partial charge on any atom is 0.341 e. The van der Waals surface area contributed by atoms with Crippen LogP contribution in [-0.2, 0) is 6.42 Å². The molecule has 28 heavy (non-hydrogen) atoms. The molecule has 1 aromatic heterocycles. The van der Waals surface area contributed by atoms with Crippen molar-refractivity contribution in [2.75, 3.05) is 37.6 Å². The van der Waals surface area contributed by atoms with Gasteiger partial charge in [-0.15, -0.1) is 0 Å². The van der Waals surface area contributed by atoms with Crippen molar-refractivity contribution in [3.8, 4) is 0 Å². The van der Waals surface area contributed by atoms with Crippen LogP contribution in [0.2, 0.25) is 0 Å². The lowest BCUT2D eigenvalue weighted by molar-refractivity contribution is 0.0694. The van der Waals surface area contributed by atoms with Crippen LogP contribution in [-0.4, -0.2) is 53.3 Å². The summed E-state index contributed by atoms with van der Waals surface area (Å²) in [7, 11) is 0. The van der Waals surface area contributed by atoms with Crippen molar-refractivity contribution in [2.45, 2.75) is 39.7 Å². The van der Waals surface area contributed by atoms with E-state index >= 15 is 0 Å². The normalized spacial score (nSPS) is 20.1. The van der Waals surface area contributed by atoms with Gasteiger partial charge in [0.2, 0.25) is 5.43 Å². The van der Waals surface area contributed by atoms with Crippen LogP contribution in [0.3, 0.4) is 0 Å². The molecule has 1 aromatic carbocycles. The molecule has 0 radical (unpaired) electrons. The van der Waals surface area contributed by atoms with E-state index in [-0.39, 0.29) is 17.0 Å². The average Bonchev–Trinajstić information content (AvgIpc) is 2.66. The van der Waals surface area contributed by atoms with E-state index in [1.807, 2.05) is 16.7 Å². The van der Waals surface area contributed by atoms with Crippen LogP contribution in [0.4, 0.5) is 5.69 Å². The van der Waals surface area contributed by atoms with Gasteiger partial charge < -0.3 is 14.6 Å². The third kappa shape index (κ3) is 3.20. The first-order valence-electron chi connectivity index (χ1n) is 10.3. The zero-order valence-electron chi connectivity index (χ0n) is 16.9. The summed E-state index contributed by atoms with van der Waals surface area (Å²) in [4.78, 5) is 29.2. The first kappa shape index (κ1) is 19.0. The van der Waals surface area contributed by atoms with Crippen molar-refractivity contribution in [3.05, 3.63) is 39.7 Å². The van der Waals surface area contributed by atoms with E-state index < -0.39 is 5.97 Å². The highest BCUT2D eigenvalue weighted by atomic mass is 16.4. The minimum atomic E-state index is -1.15. The molecule has 1 fully saturated rings. The van der Waals surface area contributed by atoms with Crippen molar-refractivity contribution < 1.29 is 9.90 Å². The number of hydrogen-bond donors (Lipinski definition) is 1. The number of aromatic carboxylic acids is 1. The van der Waals surface area contributed by atoms with Gasteiger partial charge in [-0.05, 0) is 43.4 Å². The number of aromatic nitrogens is 1. The molecule has 1 N–H and O–H groups in total. The Bertz CT molecular complexity index is 971. The summed E-state index contributed by atoms with van der Waals surface area (Å²) in [5.41, 5.74) is 2.82. The summed E-state index contributed by atoms with van der Waals surface area (Å²) in [6.45, 7) is 11.8. The largest absolute Gasteiger partial charge is 0.477 e. The summed E-state index contributed by atoms with van der Waals surface area (Å²) < 4.78 is 2.01. The number of rotatable bonds is 4. The molecule has 3 heterocycles. The maximum absolute atomic E-state index is 12.7. The van der Waals surface area contributed by atoms with Gasteiger partial charge in [-0.3, -0.25) is 9.69 Å². The highest BCUT2D eigenvalue weighted by Crippen LogP contribution is 2.36. The number of carbonyl (C=O) groups is 1. The van der Waals surface area contributed by atoms with Gasteiger partial charge in [-0.25, -0.2) is 4.79 Å². The third-order valence-corrected chi connectivity index (χ3v) is 6.13. The molecule has 0 spiro atoms. The van der Waals surface area contributed by atoms with E-state index in [0.29, 0.717) is 11.3 Å². The Morgan fingerprint density at radius 2 is 1.93 bits per heavy atom. The van der Waals surface area contributed by atoms with Crippen LogP contribution in [0.15, 0.2) is 23.1 Å². The van der Waals surface area contributed by atoms with Crippen LogP contribution in [0, 0.1) is 5.92 Å². The summed E-state index contributed by atoms with van der Waals surface area (Å²) in [6, 6.07) is 4.05. The minimum Gasteiger partial charge on any atom is -0.477 e. The Morgan fingerprint density at radius 1 is 1.21 bits per heavy atom. The topological polar surface area (TPSA) is 65.8 Å². The van der Waals surface area contributed by atoms with E-state index in [4.69, 9.17) is 0 Å². The van der Waals surface area contributed by atoms with E-state index in [2.05, 4.69) is 30.6 Å². The number of benzene rings is 1. The zero-order valence-corrected chi connectivity index (χ0v) is 16.9. The number of carboxylic acid groups (broad SMARTS) is 1. The molecule has 0 amide bonds. The van der Waals surface area contributed by atoms with Crippen LogP contribution in [0.1, 0.15) is 49.2 Å². The molecular weight excluding hydrogens is 354 g/mol. The molecule has 150 valence electrons. The molecule has 2 aliphatic rings. The van der Waals surface area contributed by atoms with E-state index in [1.54, 1.807) is 6.20 Å². The van der Waals surface area contributed by atoms with Crippen molar-refractivity contribution in [2.24, 2.45) is 5.92 Å². The Morgan fingerprint density at radius 3 is 2.57 bits per heavy atom.